The summed E-state index contributed by atoms with van der Waals surface area (Å²) in [6.07, 6.45) is 2.24. The minimum atomic E-state index is -0.611. The first kappa shape index (κ1) is 17.4. The molecule has 0 unspecified atom stereocenters. The Hall–Kier alpha value is -0.680. The van der Waals surface area contributed by atoms with Crippen molar-refractivity contribution in [3.05, 3.63) is 28.2 Å². The van der Waals surface area contributed by atoms with Crippen LogP contribution in [0, 0.1) is 0 Å². The Labute approximate surface area is 134 Å². The summed E-state index contributed by atoms with van der Waals surface area (Å²) in [7, 11) is 0. The normalized spacial score (nSPS) is 15.2. The molecule has 0 radical (unpaired) electrons. The van der Waals surface area contributed by atoms with Crippen LogP contribution in [0.2, 0.25) is 10.0 Å². The quantitative estimate of drug-likeness (QED) is 0.783. The Morgan fingerprint density at radius 1 is 1.40 bits per heavy atom. The van der Waals surface area contributed by atoms with Crippen molar-refractivity contribution in [2.75, 3.05) is 13.2 Å². The predicted octanol–water partition coefficient (Wildman–Crippen LogP) is 2.79. The number of nitrogens with two attached hydrogens (primary N) is 1. The maximum Gasteiger partial charge on any atom is 0.240 e. The fraction of sp³-hybridized carbons (Fsp3) is 0.462. The monoisotopic (exact) mass is 338 g/mol. The lowest BCUT2D eigenvalue weighted by Crippen LogP contribution is -2.43. The highest BCUT2D eigenvalue weighted by Crippen LogP contribution is 2.32. The second kappa shape index (κ2) is 7.36. The first-order valence-electron chi connectivity index (χ1n) is 6.16. The van der Waals surface area contributed by atoms with Gasteiger partial charge in [-0.25, -0.2) is 0 Å². The lowest BCUT2D eigenvalue weighted by molar-refractivity contribution is -0.123. The van der Waals surface area contributed by atoms with E-state index in [1.165, 1.54) is 0 Å². The molecule has 1 aliphatic rings. The lowest BCUT2D eigenvalue weighted by Gasteiger charge is -2.11. The molecule has 1 saturated carbocycles. The van der Waals surface area contributed by atoms with Crippen LogP contribution in [0.4, 0.5) is 0 Å². The molecule has 1 aromatic carbocycles. The van der Waals surface area contributed by atoms with E-state index in [-0.39, 0.29) is 18.3 Å². The maximum absolute atomic E-state index is 11.5. The van der Waals surface area contributed by atoms with Crippen LogP contribution < -0.4 is 15.8 Å². The Bertz CT molecular complexity index is 479. The topological polar surface area (TPSA) is 64.4 Å². The molecule has 1 fully saturated rings. The van der Waals surface area contributed by atoms with Gasteiger partial charge in [-0.3, -0.25) is 4.79 Å². The first-order valence-corrected chi connectivity index (χ1v) is 6.92. The number of ether oxygens (including phenoxy) is 1. The van der Waals surface area contributed by atoms with Crippen molar-refractivity contribution in [1.29, 1.82) is 0 Å². The standard InChI is InChI=1S/C13H16Cl2N2O2.ClH/c14-9-2-3-11(10(15)8-9)19-7-1-6-17-12(18)13(16)4-5-13;/h2-3,8H,1,4-7,16H2,(H,17,18);1H. The zero-order valence-electron chi connectivity index (χ0n) is 10.8. The van der Waals surface area contributed by atoms with Gasteiger partial charge in [0.1, 0.15) is 5.75 Å². The molecule has 0 aliphatic heterocycles. The average molecular weight is 340 g/mol. The number of benzene rings is 1. The minimum Gasteiger partial charge on any atom is -0.492 e. The highest BCUT2D eigenvalue weighted by atomic mass is 35.5. The van der Waals surface area contributed by atoms with E-state index in [4.69, 9.17) is 33.7 Å². The van der Waals surface area contributed by atoms with Crippen molar-refractivity contribution in [1.82, 2.24) is 5.32 Å². The number of hydrogen-bond donors (Lipinski definition) is 2. The molecule has 4 nitrogen and oxygen atoms in total. The van der Waals surface area contributed by atoms with Gasteiger partial charge in [-0.15, -0.1) is 12.4 Å². The van der Waals surface area contributed by atoms with Crippen LogP contribution in [0.25, 0.3) is 0 Å². The van der Waals surface area contributed by atoms with Crippen LogP contribution in [-0.4, -0.2) is 24.6 Å². The molecule has 0 atom stereocenters. The number of amides is 1. The molecule has 0 saturated heterocycles. The summed E-state index contributed by atoms with van der Waals surface area (Å²) in [5.41, 5.74) is 5.15. The second-order valence-electron chi connectivity index (χ2n) is 4.69. The van der Waals surface area contributed by atoms with Crippen LogP contribution in [0.1, 0.15) is 19.3 Å². The van der Waals surface area contributed by atoms with E-state index in [9.17, 15) is 4.79 Å². The Morgan fingerprint density at radius 3 is 2.70 bits per heavy atom. The Kier molecular flexibility index (Phi) is 6.40. The van der Waals surface area contributed by atoms with Gasteiger partial charge in [-0.2, -0.15) is 0 Å². The zero-order valence-corrected chi connectivity index (χ0v) is 13.2. The van der Waals surface area contributed by atoms with Gasteiger partial charge in [0.05, 0.1) is 17.2 Å². The molecule has 0 bridgehead atoms. The van der Waals surface area contributed by atoms with Gasteiger partial charge in [0.15, 0.2) is 0 Å². The molecule has 1 aromatic rings. The van der Waals surface area contributed by atoms with Crippen molar-refractivity contribution >= 4 is 41.5 Å². The van der Waals surface area contributed by atoms with Gasteiger partial charge in [-0.05, 0) is 37.5 Å². The molecule has 0 spiro atoms. The number of hydrogen-bond acceptors (Lipinski definition) is 3. The van der Waals surface area contributed by atoms with E-state index in [1.54, 1.807) is 18.2 Å². The van der Waals surface area contributed by atoms with Crippen LogP contribution in [0.15, 0.2) is 18.2 Å². The van der Waals surface area contributed by atoms with E-state index in [0.29, 0.717) is 35.4 Å². The molecule has 0 aromatic heterocycles. The SMILES string of the molecule is Cl.NC1(C(=O)NCCCOc2ccc(Cl)cc2Cl)CC1. The van der Waals surface area contributed by atoms with E-state index in [2.05, 4.69) is 5.32 Å². The predicted molar refractivity (Wildman–Crippen MR) is 83.0 cm³/mol. The molecule has 1 aliphatic carbocycles. The third-order valence-electron chi connectivity index (χ3n) is 3.00. The third-order valence-corrected chi connectivity index (χ3v) is 3.53. The molecule has 20 heavy (non-hydrogen) atoms. The van der Waals surface area contributed by atoms with Crippen LogP contribution in [0.5, 0.6) is 5.75 Å². The molecule has 112 valence electrons. The van der Waals surface area contributed by atoms with Gasteiger partial charge in [0, 0.05) is 11.6 Å². The molecule has 0 heterocycles. The average Bonchev–Trinajstić information content (AvgIpc) is 3.10. The Balaban J connectivity index is 0.00000200. The number of nitrogens with one attached hydrogen (secondary N) is 1. The van der Waals surface area contributed by atoms with E-state index < -0.39 is 5.54 Å². The fourth-order valence-electron chi connectivity index (χ4n) is 1.59. The van der Waals surface area contributed by atoms with E-state index in [1.807, 2.05) is 0 Å². The zero-order chi connectivity index (χ0) is 13.9. The summed E-state index contributed by atoms with van der Waals surface area (Å²) in [6, 6.07) is 5.07. The van der Waals surface area contributed by atoms with Crippen molar-refractivity contribution in [3.63, 3.8) is 0 Å². The number of carbonyl (C=O) groups is 1. The van der Waals surface area contributed by atoms with E-state index >= 15 is 0 Å². The number of rotatable bonds is 6. The Morgan fingerprint density at radius 2 is 2.10 bits per heavy atom. The van der Waals surface area contributed by atoms with Crippen LogP contribution in [-0.2, 0) is 4.79 Å². The minimum absolute atomic E-state index is 0. The smallest absolute Gasteiger partial charge is 0.240 e. The highest BCUT2D eigenvalue weighted by Gasteiger charge is 2.45. The van der Waals surface area contributed by atoms with Gasteiger partial charge >= 0.3 is 0 Å². The van der Waals surface area contributed by atoms with Gasteiger partial charge in [0.2, 0.25) is 5.91 Å². The largest absolute Gasteiger partial charge is 0.492 e. The summed E-state index contributed by atoms with van der Waals surface area (Å²) in [6.45, 7) is 1.02. The number of carbonyl (C=O) groups excluding carboxylic acids is 1. The third kappa shape index (κ3) is 4.70. The van der Waals surface area contributed by atoms with Crippen molar-refractivity contribution in [3.8, 4) is 5.75 Å². The molecule has 1 amide bonds. The van der Waals surface area contributed by atoms with Crippen molar-refractivity contribution in [2.24, 2.45) is 5.73 Å². The maximum atomic E-state index is 11.5. The van der Waals surface area contributed by atoms with Crippen LogP contribution >= 0.6 is 35.6 Å². The molecular weight excluding hydrogens is 323 g/mol. The second-order valence-corrected chi connectivity index (χ2v) is 5.53. The molecular formula is C13H17Cl3N2O2. The number of halogens is 3. The summed E-state index contributed by atoms with van der Waals surface area (Å²) in [5, 5.41) is 3.85. The molecule has 2 rings (SSSR count). The fourth-order valence-corrected chi connectivity index (χ4v) is 2.05. The summed E-state index contributed by atoms with van der Waals surface area (Å²) >= 11 is 11.8. The van der Waals surface area contributed by atoms with E-state index in [0.717, 1.165) is 12.8 Å². The van der Waals surface area contributed by atoms with Crippen LogP contribution in [0.3, 0.4) is 0 Å². The van der Waals surface area contributed by atoms with Gasteiger partial charge in [0.25, 0.3) is 0 Å². The highest BCUT2D eigenvalue weighted by molar-refractivity contribution is 6.35. The van der Waals surface area contributed by atoms with Gasteiger partial charge < -0.3 is 15.8 Å². The van der Waals surface area contributed by atoms with Crippen molar-refractivity contribution in [2.45, 2.75) is 24.8 Å². The summed E-state index contributed by atoms with van der Waals surface area (Å²) in [5.74, 6) is 0.520. The summed E-state index contributed by atoms with van der Waals surface area (Å²) in [4.78, 5) is 11.5. The molecule has 3 N–H and O–H groups in total. The lowest BCUT2D eigenvalue weighted by atomic mass is 10.2. The first-order chi connectivity index (χ1) is 9.01. The molecule has 7 heteroatoms. The van der Waals surface area contributed by atoms with Crippen molar-refractivity contribution < 1.29 is 9.53 Å². The summed E-state index contributed by atoms with van der Waals surface area (Å²) < 4.78 is 5.50. The van der Waals surface area contributed by atoms with Gasteiger partial charge in [-0.1, -0.05) is 23.2 Å².